The SMILES string of the molecule is CCCCC(C)(C)[C@H](O)/C=C/C1[C@@H](O)CC(=O)[C@@H]1C/C=C/CCCC(=O)O. The first-order valence-electron chi connectivity index (χ1n) is 10.1. The summed E-state index contributed by atoms with van der Waals surface area (Å²) in [6.07, 6.45) is 11.2. The normalized spacial score (nSPS) is 24.9. The first kappa shape index (κ1) is 23.6. The smallest absolute Gasteiger partial charge is 0.303 e. The molecular formula is C22H36O5. The number of carboxylic acid groups (broad SMARTS) is 1. The molecule has 3 N–H and O–H groups in total. The second-order valence-electron chi connectivity index (χ2n) is 8.34. The second kappa shape index (κ2) is 11.4. The minimum Gasteiger partial charge on any atom is -0.481 e. The number of hydrogen-bond donors (Lipinski definition) is 3. The molecule has 1 rings (SSSR count). The molecule has 4 atom stereocenters. The highest BCUT2D eigenvalue weighted by Crippen LogP contribution is 2.35. The Morgan fingerprint density at radius 1 is 1.30 bits per heavy atom. The van der Waals surface area contributed by atoms with Gasteiger partial charge in [-0.25, -0.2) is 0 Å². The van der Waals surface area contributed by atoms with Crippen molar-refractivity contribution in [3.8, 4) is 0 Å². The third-order valence-corrected chi connectivity index (χ3v) is 5.54. The van der Waals surface area contributed by atoms with Gasteiger partial charge < -0.3 is 15.3 Å². The highest BCUT2D eigenvalue weighted by molar-refractivity contribution is 5.84. The molecule has 1 saturated carbocycles. The Balaban J connectivity index is 2.63. The number of aliphatic hydroxyl groups excluding tert-OH is 2. The van der Waals surface area contributed by atoms with Gasteiger partial charge in [0, 0.05) is 24.7 Å². The molecule has 27 heavy (non-hydrogen) atoms. The second-order valence-corrected chi connectivity index (χ2v) is 8.34. The molecule has 0 amide bonds. The van der Waals surface area contributed by atoms with Gasteiger partial charge in [-0.05, 0) is 31.1 Å². The summed E-state index contributed by atoms with van der Waals surface area (Å²) in [4.78, 5) is 22.7. The lowest BCUT2D eigenvalue weighted by Gasteiger charge is -2.29. The third kappa shape index (κ3) is 7.97. The predicted octanol–water partition coefficient (Wildman–Crippen LogP) is 3.89. The molecule has 0 aromatic carbocycles. The average molecular weight is 381 g/mol. The number of unbranched alkanes of at least 4 members (excludes halogenated alkanes) is 2. The largest absolute Gasteiger partial charge is 0.481 e. The quantitative estimate of drug-likeness (QED) is 0.353. The van der Waals surface area contributed by atoms with Crippen molar-refractivity contribution in [2.24, 2.45) is 17.3 Å². The number of carbonyl (C=O) groups excluding carboxylic acids is 1. The number of hydrogen-bond acceptors (Lipinski definition) is 4. The van der Waals surface area contributed by atoms with Gasteiger partial charge in [-0.2, -0.15) is 0 Å². The summed E-state index contributed by atoms with van der Waals surface area (Å²) < 4.78 is 0. The van der Waals surface area contributed by atoms with E-state index in [0.29, 0.717) is 19.3 Å². The molecular weight excluding hydrogens is 344 g/mol. The van der Waals surface area contributed by atoms with Crippen LogP contribution in [0.5, 0.6) is 0 Å². The van der Waals surface area contributed by atoms with Crippen molar-refractivity contribution < 1.29 is 24.9 Å². The van der Waals surface area contributed by atoms with E-state index < -0.39 is 18.2 Å². The van der Waals surface area contributed by atoms with Gasteiger partial charge in [-0.15, -0.1) is 0 Å². The molecule has 1 unspecified atom stereocenters. The zero-order valence-corrected chi connectivity index (χ0v) is 16.9. The van der Waals surface area contributed by atoms with Crippen LogP contribution in [0.25, 0.3) is 0 Å². The minimum absolute atomic E-state index is 0.0482. The van der Waals surface area contributed by atoms with Crippen molar-refractivity contribution in [1.29, 1.82) is 0 Å². The molecule has 154 valence electrons. The van der Waals surface area contributed by atoms with Crippen molar-refractivity contribution in [2.45, 2.75) is 84.3 Å². The highest BCUT2D eigenvalue weighted by Gasteiger charge is 2.39. The fourth-order valence-corrected chi connectivity index (χ4v) is 3.53. The number of carboxylic acids is 1. The monoisotopic (exact) mass is 380 g/mol. The fourth-order valence-electron chi connectivity index (χ4n) is 3.53. The molecule has 1 aliphatic carbocycles. The number of aliphatic hydroxyl groups is 2. The Bertz CT molecular complexity index is 535. The Hall–Kier alpha value is -1.46. The van der Waals surface area contributed by atoms with Gasteiger partial charge in [0.2, 0.25) is 0 Å². The summed E-state index contributed by atoms with van der Waals surface area (Å²) in [5.74, 6) is -1.31. The van der Waals surface area contributed by atoms with E-state index in [1.807, 2.05) is 32.1 Å². The Kier molecular flexibility index (Phi) is 9.95. The van der Waals surface area contributed by atoms with Crippen molar-refractivity contribution in [3.63, 3.8) is 0 Å². The van der Waals surface area contributed by atoms with E-state index in [1.165, 1.54) is 0 Å². The van der Waals surface area contributed by atoms with Gasteiger partial charge in [-0.3, -0.25) is 9.59 Å². The van der Waals surface area contributed by atoms with E-state index in [2.05, 4.69) is 6.92 Å². The van der Waals surface area contributed by atoms with Crippen LogP contribution in [-0.4, -0.2) is 39.3 Å². The van der Waals surface area contributed by atoms with Gasteiger partial charge in [0.15, 0.2) is 0 Å². The number of rotatable bonds is 12. The first-order chi connectivity index (χ1) is 12.7. The first-order valence-corrected chi connectivity index (χ1v) is 10.1. The predicted molar refractivity (Wildman–Crippen MR) is 106 cm³/mol. The number of Topliss-reactive ketones (excluding diaryl/α,β-unsaturated/α-hetero) is 1. The molecule has 5 heteroatoms. The summed E-state index contributed by atoms with van der Waals surface area (Å²) >= 11 is 0. The number of carbonyl (C=O) groups is 2. The van der Waals surface area contributed by atoms with Crippen molar-refractivity contribution in [1.82, 2.24) is 0 Å². The topological polar surface area (TPSA) is 94.8 Å². The van der Waals surface area contributed by atoms with Gasteiger partial charge in [0.05, 0.1) is 12.2 Å². The van der Waals surface area contributed by atoms with E-state index in [9.17, 15) is 19.8 Å². The third-order valence-electron chi connectivity index (χ3n) is 5.54. The van der Waals surface area contributed by atoms with E-state index >= 15 is 0 Å². The molecule has 0 radical (unpaired) electrons. The lowest BCUT2D eigenvalue weighted by molar-refractivity contribution is -0.137. The summed E-state index contributed by atoms with van der Waals surface area (Å²) in [6, 6.07) is 0. The molecule has 0 saturated heterocycles. The van der Waals surface area contributed by atoms with Crippen LogP contribution >= 0.6 is 0 Å². The van der Waals surface area contributed by atoms with Crippen molar-refractivity contribution in [2.75, 3.05) is 0 Å². The maximum Gasteiger partial charge on any atom is 0.303 e. The molecule has 0 aliphatic heterocycles. The van der Waals surface area contributed by atoms with Crippen LogP contribution in [0.3, 0.4) is 0 Å². The van der Waals surface area contributed by atoms with Gasteiger partial charge in [0.1, 0.15) is 5.78 Å². The lowest BCUT2D eigenvalue weighted by Crippen LogP contribution is -2.28. The summed E-state index contributed by atoms with van der Waals surface area (Å²) in [5, 5.41) is 29.4. The summed E-state index contributed by atoms with van der Waals surface area (Å²) in [6.45, 7) is 6.19. The molecule has 0 aromatic heterocycles. The zero-order chi connectivity index (χ0) is 20.4. The van der Waals surface area contributed by atoms with Gasteiger partial charge >= 0.3 is 5.97 Å². The molecule has 0 bridgehead atoms. The molecule has 5 nitrogen and oxygen atoms in total. The summed E-state index contributed by atoms with van der Waals surface area (Å²) in [5.41, 5.74) is -0.236. The number of allylic oxidation sites excluding steroid dienone is 2. The van der Waals surface area contributed by atoms with E-state index in [0.717, 1.165) is 19.3 Å². The zero-order valence-electron chi connectivity index (χ0n) is 16.9. The van der Waals surface area contributed by atoms with Gasteiger partial charge in [-0.1, -0.05) is 57.9 Å². The Morgan fingerprint density at radius 3 is 2.63 bits per heavy atom. The Labute approximate surface area is 163 Å². The van der Waals surface area contributed by atoms with Crippen LogP contribution in [0.4, 0.5) is 0 Å². The molecule has 0 spiro atoms. The van der Waals surface area contributed by atoms with E-state index in [-0.39, 0.29) is 35.9 Å². The minimum atomic E-state index is -0.803. The van der Waals surface area contributed by atoms with Crippen molar-refractivity contribution >= 4 is 11.8 Å². The fraction of sp³-hybridized carbons (Fsp3) is 0.727. The highest BCUT2D eigenvalue weighted by atomic mass is 16.4. The average Bonchev–Trinajstić information content (AvgIpc) is 2.86. The Morgan fingerprint density at radius 2 is 2.00 bits per heavy atom. The standard InChI is InChI=1S/C22H36O5/c1-4-5-14-22(2,3)20(25)13-12-17-16(18(23)15-19(17)24)10-8-6-7-9-11-21(26)27/h6,8,12-13,16-17,19-20,24-25H,4-5,7,9-11,14-15H2,1-3H3,(H,26,27)/b8-6+,13-12+/t16-,17?,19+,20-/m1/s1. The van der Waals surface area contributed by atoms with Crippen LogP contribution in [0.15, 0.2) is 24.3 Å². The molecule has 0 heterocycles. The van der Waals surface area contributed by atoms with Crippen LogP contribution in [0.1, 0.15) is 72.1 Å². The van der Waals surface area contributed by atoms with Crippen molar-refractivity contribution in [3.05, 3.63) is 24.3 Å². The van der Waals surface area contributed by atoms with E-state index in [4.69, 9.17) is 5.11 Å². The maximum atomic E-state index is 12.2. The molecule has 1 fully saturated rings. The number of aliphatic carboxylic acids is 1. The van der Waals surface area contributed by atoms with Crippen LogP contribution in [0.2, 0.25) is 0 Å². The summed E-state index contributed by atoms with van der Waals surface area (Å²) in [7, 11) is 0. The van der Waals surface area contributed by atoms with Crippen LogP contribution in [-0.2, 0) is 9.59 Å². The van der Waals surface area contributed by atoms with Crippen LogP contribution in [0, 0.1) is 17.3 Å². The molecule has 0 aromatic rings. The molecule has 1 aliphatic rings. The van der Waals surface area contributed by atoms with Gasteiger partial charge in [0.25, 0.3) is 0 Å². The lowest BCUT2D eigenvalue weighted by atomic mass is 9.80. The number of ketones is 1. The van der Waals surface area contributed by atoms with Crippen LogP contribution < -0.4 is 0 Å². The maximum absolute atomic E-state index is 12.2. The van der Waals surface area contributed by atoms with E-state index in [1.54, 1.807) is 6.08 Å².